The lowest BCUT2D eigenvalue weighted by Gasteiger charge is -2.23. The smallest absolute Gasteiger partial charge is 0.248 e. The molecule has 2 fully saturated rings. The van der Waals surface area contributed by atoms with Crippen molar-refractivity contribution < 1.29 is 9.18 Å². The summed E-state index contributed by atoms with van der Waals surface area (Å²) in [4.78, 5) is 31.0. The summed E-state index contributed by atoms with van der Waals surface area (Å²) in [5.74, 6) is 1.37. The Kier molecular flexibility index (Phi) is 4.95. The number of nitrogens with zero attached hydrogens (tertiary/aromatic N) is 6. The van der Waals surface area contributed by atoms with Crippen molar-refractivity contribution in [1.82, 2.24) is 30.1 Å². The molecule has 30 heavy (non-hydrogen) atoms. The molecular weight excluding hydrogens is 433 g/mol. The van der Waals surface area contributed by atoms with E-state index in [2.05, 4.69) is 40.8 Å². The summed E-state index contributed by atoms with van der Waals surface area (Å²) in [5.41, 5.74) is 1.08. The maximum Gasteiger partial charge on any atom is 0.248 e. The number of aromatic nitrogens is 6. The molecule has 3 aromatic rings. The molecule has 1 amide bonds. The van der Waals surface area contributed by atoms with Gasteiger partial charge in [0.15, 0.2) is 16.1 Å². The Morgan fingerprint density at radius 3 is 2.93 bits per heavy atom. The van der Waals surface area contributed by atoms with E-state index in [1.165, 1.54) is 0 Å². The van der Waals surface area contributed by atoms with Gasteiger partial charge in [-0.25, -0.2) is 4.98 Å². The minimum Gasteiger partial charge on any atom is -0.329 e. The number of thiazole rings is 1. The number of carbonyl (C=O) groups is 1. The van der Waals surface area contributed by atoms with E-state index in [1.807, 2.05) is 6.07 Å². The first-order chi connectivity index (χ1) is 14.5. The minimum absolute atomic E-state index is 0.00787. The van der Waals surface area contributed by atoms with Crippen LogP contribution in [-0.4, -0.2) is 48.6 Å². The summed E-state index contributed by atoms with van der Waals surface area (Å²) in [5, 5.41) is 12.7. The van der Waals surface area contributed by atoms with Crippen molar-refractivity contribution in [3.8, 4) is 0 Å². The molecule has 1 atom stereocenters. The zero-order chi connectivity index (χ0) is 20.7. The first-order valence-corrected chi connectivity index (χ1v) is 10.7. The Bertz CT molecular complexity index is 1080. The summed E-state index contributed by atoms with van der Waals surface area (Å²) in [6.45, 7) is 0.582. The second-order valence-electron chi connectivity index (χ2n) is 7.15. The Balaban J connectivity index is 1.33. The van der Waals surface area contributed by atoms with E-state index in [0.717, 1.165) is 42.5 Å². The van der Waals surface area contributed by atoms with E-state index in [4.69, 9.17) is 11.6 Å². The van der Waals surface area contributed by atoms with Gasteiger partial charge in [0.2, 0.25) is 23.1 Å². The number of amides is 1. The van der Waals surface area contributed by atoms with Crippen molar-refractivity contribution in [2.75, 3.05) is 22.1 Å². The molecule has 1 unspecified atom stereocenters. The fourth-order valence-corrected chi connectivity index (χ4v) is 4.13. The maximum absolute atomic E-state index is 13.2. The summed E-state index contributed by atoms with van der Waals surface area (Å²) in [6, 6.07) is 1.41. The van der Waals surface area contributed by atoms with Crippen LogP contribution in [-0.2, 0) is 4.79 Å². The van der Waals surface area contributed by atoms with E-state index in [-0.39, 0.29) is 22.3 Å². The fourth-order valence-electron chi connectivity index (χ4n) is 3.42. The summed E-state index contributed by atoms with van der Waals surface area (Å²) in [7, 11) is 0. The van der Waals surface area contributed by atoms with Crippen molar-refractivity contribution in [3.05, 3.63) is 28.4 Å². The molecule has 0 spiro atoms. The fraction of sp³-hybridized carbons (Fsp3) is 0.412. The standard InChI is InChI=1S/C17H17ClFN9OS/c18-14-23-15(21-12-6-9(26-27-12)8-3-4-8)25-16(24-14)28-5-1-2-10(28)13(29)22-17-20-7-11(19)30-17/h6-8,10H,1-5H2,(H,20,22,29)(H2,21,23,24,25,26,27). The zero-order valence-electron chi connectivity index (χ0n) is 15.6. The minimum atomic E-state index is -0.518. The molecule has 0 aromatic carbocycles. The third-order valence-corrected chi connectivity index (χ3v) is 5.84. The van der Waals surface area contributed by atoms with Gasteiger partial charge in [-0.15, -0.1) is 0 Å². The van der Waals surface area contributed by atoms with E-state index in [1.54, 1.807) is 4.90 Å². The van der Waals surface area contributed by atoms with Gasteiger partial charge in [0.05, 0.1) is 6.20 Å². The average Bonchev–Trinajstić information content (AvgIpc) is 3.09. The van der Waals surface area contributed by atoms with Crippen molar-refractivity contribution in [3.63, 3.8) is 0 Å². The summed E-state index contributed by atoms with van der Waals surface area (Å²) >= 11 is 6.89. The first kappa shape index (κ1) is 19.1. The predicted molar refractivity (Wildman–Crippen MR) is 110 cm³/mol. The topological polar surface area (TPSA) is 125 Å². The maximum atomic E-state index is 13.2. The highest BCUT2D eigenvalue weighted by atomic mass is 35.5. The SMILES string of the molecule is O=C(Nc1ncc(F)s1)C1CCCN1c1nc(Cl)nc(Nc2cc(C3CC3)[nH]n2)n1. The normalized spacial score (nSPS) is 18.6. The van der Waals surface area contributed by atoms with Crippen LogP contribution in [0.15, 0.2) is 12.3 Å². The van der Waals surface area contributed by atoms with Crippen molar-refractivity contribution in [2.45, 2.75) is 37.6 Å². The van der Waals surface area contributed by atoms with Crippen LogP contribution in [0.2, 0.25) is 5.28 Å². The van der Waals surface area contributed by atoms with Crippen LogP contribution in [0.25, 0.3) is 0 Å². The molecule has 0 bridgehead atoms. The van der Waals surface area contributed by atoms with E-state index in [9.17, 15) is 9.18 Å². The van der Waals surface area contributed by atoms with Gasteiger partial charge >= 0.3 is 0 Å². The lowest BCUT2D eigenvalue weighted by molar-refractivity contribution is -0.117. The van der Waals surface area contributed by atoms with Crippen molar-refractivity contribution >= 4 is 51.7 Å². The van der Waals surface area contributed by atoms with Crippen LogP contribution in [0.4, 0.5) is 27.2 Å². The molecule has 2 aliphatic rings. The van der Waals surface area contributed by atoms with Gasteiger partial charge in [0.1, 0.15) is 6.04 Å². The van der Waals surface area contributed by atoms with Crippen molar-refractivity contribution in [1.29, 1.82) is 0 Å². The molecule has 1 aliphatic heterocycles. The van der Waals surface area contributed by atoms with Gasteiger partial charge in [-0.05, 0) is 37.3 Å². The van der Waals surface area contributed by atoms with Crippen LogP contribution < -0.4 is 15.5 Å². The lowest BCUT2D eigenvalue weighted by atomic mass is 10.2. The van der Waals surface area contributed by atoms with Crippen LogP contribution in [0, 0.1) is 5.13 Å². The van der Waals surface area contributed by atoms with Crippen molar-refractivity contribution in [2.24, 2.45) is 0 Å². The number of carbonyl (C=O) groups excluding carboxylic acids is 1. The molecule has 156 valence electrons. The Morgan fingerprint density at radius 1 is 1.30 bits per heavy atom. The Hall–Kier alpha value is -2.86. The lowest BCUT2D eigenvalue weighted by Crippen LogP contribution is -2.40. The molecule has 3 aromatic heterocycles. The summed E-state index contributed by atoms with van der Waals surface area (Å²) in [6.07, 6.45) is 4.78. The van der Waals surface area contributed by atoms with Crippen LogP contribution >= 0.6 is 22.9 Å². The molecule has 0 radical (unpaired) electrons. The highest BCUT2D eigenvalue weighted by molar-refractivity contribution is 7.14. The van der Waals surface area contributed by atoms with E-state index in [0.29, 0.717) is 30.6 Å². The average molecular weight is 450 g/mol. The molecule has 13 heteroatoms. The van der Waals surface area contributed by atoms with Crippen LogP contribution in [0.1, 0.15) is 37.3 Å². The number of anilines is 4. The molecule has 4 heterocycles. The molecular formula is C17H17ClFN9OS. The first-order valence-electron chi connectivity index (χ1n) is 9.48. The third-order valence-electron chi connectivity index (χ3n) is 4.97. The number of rotatable bonds is 6. The Labute approximate surface area is 179 Å². The third kappa shape index (κ3) is 4.05. The number of halogens is 2. The highest BCUT2D eigenvalue weighted by Gasteiger charge is 2.33. The van der Waals surface area contributed by atoms with Crippen LogP contribution in [0.3, 0.4) is 0 Å². The Morgan fingerprint density at radius 2 is 2.17 bits per heavy atom. The number of H-pyrrole nitrogens is 1. The number of nitrogens with one attached hydrogen (secondary N) is 3. The van der Waals surface area contributed by atoms with Gasteiger partial charge in [-0.3, -0.25) is 9.89 Å². The monoisotopic (exact) mass is 449 g/mol. The van der Waals surface area contributed by atoms with Gasteiger partial charge < -0.3 is 15.5 Å². The molecule has 1 aliphatic carbocycles. The largest absolute Gasteiger partial charge is 0.329 e. The molecule has 10 nitrogen and oxygen atoms in total. The molecule has 3 N–H and O–H groups in total. The quantitative estimate of drug-likeness (QED) is 0.524. The van der Waals surface area contributed by atoms with Crippen LogP contribution in [0.5, 0.6) is 0 Å². The van der Waals surface area contributed by atoms with Gasteiger partial charge in [0.25, 0.3) is 0 Å². The highest BCUT2D eigenvalue weighted by Crippen LogP contribution is 2.39. The number of hydrogen-bond donors (Lipinski definition) is 3. The van der Waals surface area contributed by atoms with Gasteiger partial charge in [-0.2, -0.15) is 24.4 Å². The summed E-state index contributed by atoms with van der Waals surface area (Å²) < 4.78 is 13.2. The molecule has 1 saturated heterocycles. The van der Waals surface area contributed by atoms with Gasteiger partial charge in [0, 0.05) is 24.2 Å². The molecule has 5 rings (SSSR count). The second-order valence-corrected chi connectivity index (χ2v) is 8.46. The predicted octanol–water partition coefficient (Wildman–Crippen LogP) is 3.07. The van der Waals surface area contributed by atoms with E-state index < -0.39 is 11.2 Å². The number of hydrogen-bond acceptors (Lipinski definition) is 9. The van der Waals surface area contributed by atoms with Gasteiger partial charge in [-0.1, -0.05) is 11.3 Å². The zero-order valence-corrected chi connectivity index (χ0v) is 17.2. The second kappa shape index (κ2) is 7.76. The number of aromatic amines is 1. The molecule has 1 saturated carbocycles. The van der Waals surface area contributed by atoms with E-state index >= 15 is 0 Å².